The largest absolute Gasteiger partial charge is 0.279 e. The molecule has 0 aliphatic rings. The highest BCUT2D eigenvalue weighted by Gasteiger charge is 2.15. The maximum absolute atomic E-state index is 12.2. The SMILES string of the molecule is CC(C)(C)c1ccc(/C=N/NC(=O)c2ccc(NS(=O)(=O)c3cccs3)cc2)cc1. The molecule has 3 aromatic rings. The van der Waals surface area contributed by atoms with Crippen molar-refractivity contribution in [3.05, 3.63) is 82.7 Å². The highest BCUT2D eigenvalue weighted by Crippen LogP contribution is 2.22. The summed E-state index contributed by atoms with van der Waals surface area (Å²) >= 11 is 1.14. The van der Waals surface area contributed by atoms with E-state index in [1.807, 2.05) is 24.3 Å². The Balaban J connectivity index is 1.59. The van der Waals surface area contributed by atoms with Crippen LogP contribution in [-0.4, -0.2) is 20.5 Å². The zero-order chi connectivity index (χ0) is 21.8. The van der Waals surface area contributed by atoms with E-state index < -0.39 is 10.0 Å². The molecule has 6 nitrogen and oxygen atoms in total. The van der Waals surface area contributed by atoms with Crippen molar-refractivity contribution >= 4 is 39.2 Å². The zero-order valence-electron chi connectivity index (χ0n) is 16.9. The minimum atomic E-state index is -3.62. The van der Waals surface area contributed by atoms with Crippen LogP contribution >= 0.6 is 11.3 Å². The summed E-state index contributed by atoms with van der Waals surface area (Å²) in [6, 6.07) is 17.3. The van der Waals surface area contributed by atoms with Crippen LogP contribution in [0.15, 0.2) is 75.4 Å². The van der Waals surface area contributed by atoms with Crippen molar-refractivity contribution in [2.45, 2.75) is 30.4 Å². The highest BCUT2D eigenvalue weighted by molar-refractivity contribution is 7.94. The molecule has 1 heterocycles. The summed E-state index contributed by atoms with van der Waals surface area (Å²) in [7, 11) is -3.62. The second kappa shape index (κ2) is 8.81. The molecule has 0 fully saturated rings. The van der Waals surface area contributed by atoms with E-state index in [0.29, 0.717) is 11.3 Å². The summed E-state index contributed by atoms with van der Waals surface area (Å²) < 4.78 is 27.2. The Morgan fingerprint density at radius 1 is 1.00 bits per heavy atom. The van der Waals surface area contributed by atoms with Gasteiger partial charge in [0.1, 0.15) is 4.21 Å². The van der Waals surface area contributed by atoms with Crippen molar-refractivity contribution in [3.63, 3.8) is 0 Å². The zero-order valence-corrected chi connectivity index (χ0v) is 18.5. The summed E-state index contributed by atoms with van der Waals surface area (Å²) in [5, 5.41) is 5.69. The van der Waals surface area contributed by atoms with Crippen LogP contribution in [0.2, 0.25) is 0 Å². The lowest BCUT2D eigenvalue weighted by atomic mass is 9.87. The number of amides is 1. The lowest BCUT2D eigenvalue weighted by Gasteiger charge is -2.18. The second-order valence-electron chi connectivity index (χ2n) is 7.69. The van der Waals surface area contributed by atoms with Gasteiger partial charge in [0, 0.05) is 11.3 Å². The Kier molecular flexibility index (Phi) is 6.38. The number of benzene rings is 2. The third-order valence-corrected chi connectivity index (χ3v) is 7.09. The maximum Gasteiger partial charge on any atom is 0.271 e. The molecule has 0 aliphatic heterocycles. The van der Waals surface area contributed by atoms with Crippen LogP contribution in [0.4, 0.5) is 5.69 Å². The first kappa shape index (κ1) is 21.7. The number of hydrazone groups is 1. The molecular weight excluding hydrogens is 418 g/mol. The lowest BCUT2D eigenvalue weighted by molar-refractivity contribution is 0.0955. The number of nitrogens with zero attached hydrogens (tertiary/aromatic N) is 1. The van der Waals surface area contributed by atoms with Crippen molar-refractivity contribution in [2.75, 3.05) is 4.72 Å². The molecule has 0 aliphatic carbocycles. The Bertz CT molecular complexity index is 1130. The predicted octanol–water partition coefficient (Wildman–Crippen LogP) is 4.61. The molecule has 0 saturated carbocycles. The van der Waals surface area contributed by atoms with E-state index in [1.54, 1.807) is 17.7 Å². The molecule has 0 saturated heterocycles. The number of carbonyl (C=O) groups excluding carboxylic acids is 1. The number of anilines is 1. The van der Waals surface area contributed by atoms with Gasteiger partial charge in [0.25, 0.3) is 15.9 Å². The van der Waals surface area contributed by atoms with Crippen molar-refractivity contribution in [1.29, 1.82) is 0 Å². The topological polar surface area (TPSA) is 87.6 Å². The van der Waals surface area contributed by atoms with Gasteiger partial charge >= 0.3 is 0 Å². The van der Waals surface area contributed by atoms with Gasteiger partial charge in [0.05, 0.1) is 6.21 Å². The standard InChI is InChI=1S/C22H23N3O3S2/c1-22(2,3)18-10-6-16(7-11-18)15-23-24-21(26)17-8-12-19(13-9-17)25-30(27,28)20-5-4-14-29-20/h4-15,25H,1-3H3,(H,24,26)/b23-15+. The van der Waals surface area contributed by atoms with Gasteiger partial charge in [-0.05, 0) is 52.3 Å². The van der Waals surface area contributed by atoms with E-state index in [9.17, 15) is 13.2 Å². The summed E-state index contributed by atoms with van der Waals surface area (Å²) in [6.07, 6.45) is 1.58. The molecule has 0 unspecified atom stereocenters. The van der Waals surface area contributed by atoms with Crippen LogP contribution in [0.5, 0.6) is 0 Å². The lowest BCUT2D eigenvalue weighted by Crippen LogP contribution is -2.18. The van der Waals surface area contributed by atoms with Crippen molar-refractivity contribution in [3.8, 4) is 0 Å². The molecule has 1 amide bonds. The smallest absolute Gasteiger partial charge is 0.271 e. The van der Waals surface area contributed by atoms with Gasteiger partial charge in [-0.1, -0.05) is 51.1 Å². The number of nitrogens with one attached hydrogen (secondary N) is 2. The van der Waals surface area contributed by atoms with E-state index in [4.69, 9.17) is 0 Å². The fourth-order valence-electron chi connectivity index (χ4n) is 2.61. The molecule has 156 valence electrons. The maximum atomic E-state index is 12.2. The number of sulfonamides is 1. The molecular formula is C22H23N3O3S2. The van der Waals surface area contributed by atoms with E-state index in [1.165, 1.54) is 35.9 Å². The summed E-state index contributed by atoms with van der Waals surface area (Å²) in [6.45, 7) is 6.44. The van der Waals surface area contributed by atoms with Crippen molar-refractivity contribution in [2.24, 2.45) is 5.10 Å². The minimum Gasteiger partial charge on any atom is -0.279 e. The molecule has 1 aromatic heterocycles. The molecule has 30 heavy (non-hydrogen) atoms. The van der Waals surface area contributed by atoms with Gasteiger partial charge in [0.2, 0.25) is 0 Å². The van der Waals surface area contributed by atoms with E-state index in [-0.39, 0.29) is 15.5 Å². The predicted molar refractivity (Wildman–Crippen MR) is 122 cm³/mol. The number of hydrogen-bond acceptors (Lipinski definition) is 5. The fourth-order valence-corrected chi connectivity index (χ4v) is 4.66. The number of rotatable bonds is 6. The van der Waals surface area contributed by atoms with Gasteiger partial charge in [-0.15, -0.1) is 11.3 Å². The molecule has 3 rings (SSSR count). The third-order valence-electron chi connectivity index (χ3n) is 4.32. The number of carbonyl (C=O) groups is 1. The van der Waals surface area contributed by atoms with Crippen LogP contribution in [0.25, 0.3) is 0 Å². The normalized spacial score (nSPS) is 12.1. The van der Waals surface area contributed by atoms with Crippen LogP contribution in [0.1, 0.15) is 42.3 Å². The fraction of sp³-hybridized carbons (Fsp3) is 0.182. The van der Waals surface area contributed by atoms with Gasteiger partial charge in [-0.25, -0.2) is 13.8 Å². The Hall–Kier alpha value is -2.97. The van der Waals surface area contributed by atoms with E-state index in [0.717, 1.165) is 16.9 Å². The highest BCUT2D eigenvalue weighted by atomic mass is 32.2. The summed E-state index contributed by atoms with van der Waals surface area (Å²) in [5.41, 5.74) is 5.40. The first-order valence-corrected chi connectivity index (χ1v) is 11.6. The van der Waals surface area contributed by atoms with Crippen LogP contribution < -0.4 is 10.1 Å². The van der Waals surface area contributed by atoms with Crippen molar-refractivity contribution < 1.29 is 13.2 Å². The van der Waals surface area contributed by atoms with Gasteiger partial charge in [-0.3, -0.25) is 9.52 Å². The average Bonchev–Trinajstić information content (AvgIpc) is 3.24. The van der Waals surface area contributed by atoms with E-state index in [2.05, 4.69) is 36.0 Å². The molecule has 2 N–H and O–H groups in total. The van der Waals surface area contributed by atoms with Crippen LogP contribution in [0, 0.1) is 0 Å². The molecule has 8 heteroatoms. The Morgan fingerprint density at radius 2 is 1.67 bits per heavy atom. The Labute approximate surface area is 180 Å². The summed E-state index contributed by atoms with van der Waals surface area (Å²) in [4.78, 5) is 12.2. The molecule has 2 aromatic carbocycles. The second-order valence-corrected chi connectivity index (χ2v) is 10.5. The van der Waals surface area contributed by atoms with Crippen LogP contribution in [0.3, 0.4) is 0 Å². The molecule has 0 spiro atoms. The van der Waals surface area contributed by atoms with Crippen LogP contribution in [-0.2, 0) is 15.4 Å². The molecule has 0 bridgehead atoms. The first-order valence-electron chi connectivity index (χ1n) is 9.25. The minimum absolute atomic E-state index is 0.0774. The van der Waals surface area contributed by atoms with E-state index >= 15 is 0 Å². The quantitative estimate of drug-likeness (QED) is 0.432. The summed E-state index contributed by atoms with van der Waals surface area (Å²) in [5.74, 6) is -0.384. The first-order chi connectivity index (χ1) is 14.1. The molecule has 0 atom stereocenters. The number of hydrogen-bond donors (Lipinski definition) is 2. The monoisotopic (exact) mass is 441 g/mol. The van der Waals surface area contributed by atoms with Gasteiger partial charge in [0.15, 0.2) is 0 Å². The van der Waals surface area contributed by atoms with Gasteiger partial charge in [-0.2, -0.15) is 5.10 Å². The number of thiophene rings is 1. The molecule has 0 radical (unpaired) electrons. The third kappa shape index (κ3) is 5.55. The van der Waals surface area contributed by atoms with Crippen molar-refractivity contribution in [1.82, 2.24) is 5.43 Å². The Morgan fingerprint density at radius 3 is 2.23 bits per heavy atom. The average molecular weight is 442 g/mol. The van der Waals surface area contributed by atoms with Gasteiger partial charge < -0.3 is 0 Å².